The van der Waals surface area contributed by atoms with Crippen LogP contribution in [0.5, 0.6) is 5.75 Å². The molecule has 0 saturated heterocycles. The van der Waals surface area contributed by atoms with Crippen LogP contribution in [0.1, 0.15) is 83.5 Å². The van der Waals surface area contributed by atoms with Crippen LogP contribution in [0.25, 0.3) is 11.0 Å². The summed E-state index contributed by atoms with van der Waals surface area (Å²) in [6.45, 7) is 7.22. The van der Waals surface area contributed by atoms with Crippen LogP contribution in [0.15, 0.2) is 42.5 Å². The Labute approximate surface area is 244 Å². The first kappa shape index (κ1) is 30.4. The van der Waals surface area contributed by atoms with E-state index >= 15 is 0 Å². The summed E-state index contributed by atoms with van der Waals surface area (Å²) < 4.78 is 13.2. The van der Waals surface area contributed by atoms with Gasteiger partial charge in [0.25, 0.3) is 0 Å². The van der Waals surface area contributed by atoms with Crippen LogP contribution in [-0.2, 0) is 27.3 Å². The Bertz CT molecular complexity index is 1280. The van der Waals surface area contributed by atoms with E-state index < -0.39 is 6.10 Å². The van der Waals surface area contributed by atoms with Gasteiger partial charge >= 0.3 is 5.97 Å². The molecule has 41 heavy (non-hydrogen) atoms. The Morgan fingerprint density at radius 1 is 1.07 bits per heavy atom. The molecule has 1 amide bonds. The monoisotopic (exact) mass is 562 g/mol. The molecule has 0 aliphatic heterocycles. The number of imidazole rings is 1. The number of hydrogen-bond acceptors (Lipinski definition) is 6. The molecule has 1 saturated carbocycles. The van der Waals surface area contributed by atoms with Gasteiger partial charge in [-0.3, -0.25) is 4.79 Å². The smallest absolute Gasteiger partial charge is 0.347 e. The fraction of sp³-hybridized carbons (Fsp3) is 0.545. The predicted octanol–water partition coefficient (Wildman–Crippen LogP) is 6.25. The molecular formula is C33H46N4O4. The van der Waals surface area contributed by atoms with Crippen molar-refractivity contribution in [2.45, 2.75) is 97.2 Å². The van der Waals surface area contributed by atoms with E-state index in [1.54, 1.807) is 0 Å². The maximum absolute atomic E-state index is 12.6. The first-order chi connectivity index (χ1) is 19.9. The topological polar surface area (TPSA) is 94.5 Å². The van der Waals surface area contributed by atoms with E-state index in [4.69, 9.17) is 14.5 Å². The lowest BCUT2D eigenvalue weighted by atomic mass is 9.95. The molecule has 1 aliphatic rings. The van der Waals surface area contributed by atoms with Crippen molar-refractivity contribution in [1.29, 1.82) is 0 Å². The minimum absolute atomic E-state index is 0.0410. The normalized spacial score (nSPS) is 14.7. The minimum atomic E-state index is -0.625. The summed E-state index contributed by atoms with van der Waals surface area (Å²) in [6.07, 6.45) is 8.84. The number of hydrogen-bond donors (Lipinski definition) is 2. The number of ether oxygens (including phenoxy) is 2. The number of nitrogens with one attached hydrogen (secondary N) is 2. The number of benzene rings is 2. The Morgan fingerprint density at radius 2 is 1.83 bits per heavy atom. The highest BCUT2D eigenvalue weighted by Crippen LogP contribution is 2.25. The number of aromatic nitrogens is 2. The number of unbranched alkanes of at least 4 members (excludes halogenated alkanes) is 1. The molecule has 1 heterocycles. The number of fused-ring (bicyclic) bond motifs is 1. The number of rotatable bonds is 14. The third kappa shape index (κ3) is 8.72. The third-order valence-corrected chi connectivity index (χ3v) is 7.70. The van der Waals surface area contributed by atoms with Gasteiger partial charge in [-0.05, 0) is 67.5 Å². The molecule has 0 bridgehead atoms. The van der Waals surface area contributed by atoms with Crippen molar-refractivity contribution >= 4 is 28.6 Å². The number of aryl methyl sites for hydroxylation is 1. The molecule has 3 aromatic rings. The Kier molecular flexibility index (Phi) is 11.0. The van der Waals surface area contributed by atoms with Crippen molar-refractivity contribution in [2.75, 3.05) is 19.0 Å². The number of amides is 1. The van der Waals surface area contributed by atoms with Crippen LogP contribution in [0.4, 0.5) is 5.69 Å². The van der Waals surface area contributed by atoms with Crippen LogP contribution < -0.4 is 15.4 Å². The van der Waals surface area contributed by atoms with Gasteiger partial charge in [-0.25, -0.2) is 9.78 Å². The molecule has 8 nitrogen and oxygen atoms in total. The number of anilines is 1. The number of nitrogens with zero attached hydrogens (tertiary/aromatic N) is 2. The van der Waals surface area contributed by atoms with Gasteiger partial charge in [-0.15, -0.1) is 0 Å². The van der Waals surface area contributed by atoms with Crippen LogP contribution in [0.3, 0.4) is 0 Å². The van der Waals surface area contributed by atoms with Crippen molar-refractivity contribution < 1.29 is 19.1 Å². The van der Waals surface area contributed by atoms with Crippen molar-refractivity contribution in [3.63, 3.8) is 0 Å². The minimum Gasteiger partial charge on any atom is -0.479 e. The lowest BCUT2D eigenvalue weighted by molar-refractivity contribution is -0.149. The van der Waals surface area contributed by atoms with Crippen LogP contribution in [0, 0.1) is 5.92 Å². The van der Waals surface area contributed by atoms with Gasteiger partial charge in [0.05, 0.1) is 24.7 Å². The lowest BCUT2D eigenvalue weighted by Gasteiger charge is -2.22. The van der Waals surface area contributed by atoms with E-state index in [0.717, 1.165) is 60.2 Å². The van der Waals surface area contributed by atoms with Crippen molar-refractivity contribution in [2.24, 2.45) is 5.92 Å². The first-order valence-electron chi connectivity index (χ1n) is 15.2. The molecule has 1 unspecified atom stereocenters. The molecule has 222 valence electrons. The molecule has 1 aliphatic carbocycles. The average molecular weight is 563 g/mol. The predicted molar refractivity (Wildman–Crippen MR) is 163 cm³/mol. The maximum atomic E-state index is 12.6. The van der Waals surface area contributed by atoms with Gasteiger partial charge in [0, 0.05) is 24.7 Å². The molecule has 1 atom stereocenters. The van der Waals surface area contributed by atoms with Crippen LogP contribution >= 0.6 is 0 Å². The van der Waals surface area contributed by atoms with Crippen molar-refractivity contribution in [1.82, 2.24) is 14.9 Å². The molecule has 0 spiro atoms. The van der Waals surface area contributed by atoms with Crippen LogP contribution in [0.2, 0.25) is 0 Å². The summed E-state index contributed by atoms with van der Waals surface area (Å²) in [5.41, 5.74) is 4.00. The van der Waals surface area contributed by atoms with Gasteiger partial charge < -0.3 is 24.7 Å². The molecule has 8 heteroatoms. The van der Waals surface area contributed by atoms with Crippen molar-refractivity contribution in [3.8, 4) is 5.75 Å². The van der Waals surface area contributed by atoms with Gasteiger partial charge in [-0.1, -0.05) is 58.6 Å². The highest BCUT2D eigenvalue weighted by Gasteiger charge is 2.22. The fourth-order valence-electron chi connectivity index (χ4n) is 5.47. The van der Waals surface area contributed by atoms with Gasteiger partial charge in [0.1, 0.15) is 11.6 Å². The molecule has 4 rings (SSSR count). The fourth-order valence-corrected chi connectivity index (χ4v) is 5.47. The summed E-state index contributed by atoms with van der Waals surface area (Å²) in [6, 6.07) is 14.3. The quantitative estimate of drug-likeness (QED) is 0.226. The number of carbonyl (C=O) groups excluding carboxylic acids is 2. The number of methoxy groups -OCH3 is 1. The summed E-state index contributed by atoms with van der Waals surface area (Å²) in [5, 5.41) is 6.49. The largest absolute Gasteiger partial charge is 0.479 e. The Balaban J connectivity index is 1.48. The van der Waals surface area contributed by atoms with E-state index in [2.05, 4.69) is 42.0 Å². The average Bonchev–Trinajstić information content (AvgIpc) is 3.31. The lowest BCUT2D eigenvalue weighted by Crippen LogP contribution is -2.39. The SMILES string of the molecule is CCCCc1nc2ccc(NCC(=O)NC3CCCCC3)cc2n1Cc1ccc(OC(CC(C)C)C(=O)OC)cc1. The molecule has 2 aromatic carbocycles. The second-order valence-electron chi connectivity index (χ2n) is 11.6. The zero-order chi connectivity index (χ0) is 29.2. The highest BCUT2D eigenvalue weighted by molar-refractivity contribution is 5.84. The molecule has 0 radical (unpaired) electrons. The Morgan fingerprint density at radius 3 is 2.51 bits per heavy atom. The molecular weight excluding hydrogens is 516 g/mol. The summed E-state index contributed by atoms with van der Waals surface area (Å²) >= 11 is 0. The molecule has 1 fully saturated rings. The third-order valence-electron chi connectivity index (χ3n) is 7.70. The number of esters is 1. The zero-order valence-corrected chi connectivity index (χ0v) is 25.1. The molecule has 1 aromatic heterocycles. The summed E-state index contributed by atoms with van der Waals surface area (Å²) in [5.74, 6) is 1.69. The second-order valence-corrected chi connectivity index (χ2v) is 11.6. The van der Waals surface area contributed by atoms with E-state index in [0.29, 0.717) is 30.7 Å². The van der Waals surface area contributed by atoms with E-state index in [9.17, 15) is 9.59 Å². The summed E-state index contributed by atoms with van der Waals surface area (Å²) in [4.78, 5) is 29.7. The maximum Gasteiger partial charge on any atom is 0.347 e. The van der Waals surface area contributed by atoms with Crippen molar-refractivity contribution in [3.05, 3.63) is 53.9 Å². The second kappa shape index (κ2) is 14.9. The van der Waals surface area contributed by atoms with E-state index in [1.807, 2.05) is 36.4 Å². The van der Waals surface area contributed by atoms with E-state index in [1.165, 1.54) is 26.4 Å². The van der Waals surface area contributed by atoms with Gasteiger partial charge in [-0.2, -0.15) is 0 Å². The summed E-state index contributed by atoms with van der Waals surface area (Å²) in [7, 11) is 1.39. The standard InChI is InChI=1S/C33H46N4O4/c1-5-6-12-31-36-28-18-15-26(34-21-32(38)35-25-10-8-7-9-11-25)20-29(28)37(31)22-24-13-16-27(17-14-24)41-30(19-23(2)3)33(39)40-4/h13-18,20,23,25,30,34H,5-12,19,21-22H2,1-4H3,(H,35,38). The Hall–Kier alpha value is -3.55. The molecule has 2 N–H and O–H groups in total. The van der Waals surface area contributed by atoms with Crippen LogP contribution in [-0.4, -0.2) is 47.2 Å². The van der Waals surface area contributed by atoms with Gasteiger partial charge in [0.15, 0.2) is 6.10 Å². The first-order valence-corrected chi connectivity index (χ1v) is 15.2. The van der Waals surface area contributed by atoms with Gasteiger partial charge in [0.2, 0.25) is 5.91 Å². The van der Waals surface area contributed by atoms with E-state index in [-0.39, 0.29) is 18.4 Å². The number of carbonyl (C=O) groups is 2. The highest BCUT2D eigenvalue weighted by atomic mass is 16.6. The zero-order valence-electron chi connectivity index (χ0n) is 25.1.